The highest BCUT2D eigenvalue weighted by atomic mass is 35.6. The van der Waals surface area contributed by atoms with Crippen molar-refractivity contribution >= 4 is 52.7 Å². The summed E-state index contributed by atoms with van der Waals surface area (Å²) < 4.78 is 3.61. The molecule has 0 radical (unpaired) electrons. The molecule has 1 aromatic rings. The van der Waals surface area contributed by atoms with E-state index in [9.17, 15) is 4.79 Å². The highest BCUT2D eigenvalue weighted by molar-refractivity contribution is 7.99. The van der Waals surface area contributed by atoms with Crippen molar-refractivity contribution in [3.05, 3.63) is 30.3 Å². The van der Waals surface area contributed by atoms with Crippen molar-refractivity contribution in [3.63, 3.8) is 0 Å². The maximum absolute atomic E-state index is 12.4. The van der Waals surface area contributed by atoms with Crippen molar-refractivity contribution in [1.82, 2.24) is 9.80 Å². The summed E-state index contributed by atoms with van der Waals surface area (Å²) in [4.78, 5) is 17.9. The Morgan fingerprint density at radius 1 is 1.21 bits per heavy atom. The number of hydrogen-bond acceptors (Lipinski definition) is 5. The van der Waals surface area contributed by atoms with E-state index in [2.05, 4.69) is 17.0 Å². The van der Waals surface area contributed by atoms with Crippen molar-refractivity contribution in [3.8, 4) is 0 Å². The molecule has 2 bridgehead atoms. The summed E-state index contributed by atoms with van der Waals surface area (Å²) in [6.07, 6.45) is 2.53. The van der Waals surface area contributed by atoms with Crippen LogP contribution in [0.3, 0.4) is 0 Å². The van der Waals surface area contributed by atoms with E-state index in [1.165, 1.54) is 4.90 Å². The number of carbonyl (C=O) groups excluding carboxylic acids is 1. The second kappa shape index (κ2) is 10.1. The zero-order chi connectivity index (χ0) is 20.1. The SMILES string of the molecule is N[C@H](CCN1CC2CCC(C1)N2C(=O)OCC(Cl)(Cl)Cl)CSc1ccccc1. The number of carbonyl (C=O) groups is 1. The van der Waals surface area contributed by atoms with E-state index < -0.39 is 3.79 Å². The molecular formula is C19H26Cl3N3O2S. The maximum Gasteiger partial charge on any atom is 0.410 e. The van der Waals surface area contributed by atoms with Gasteiger partial charge in [0.1, 0.15) is 6.61 Å². The molecule has 2 unspecified atom stereocenters. The lowest BCUT2D eigenvalue weighted by Gasteiger charge is -2.40. The molecule has 1 aromatic carbocycles. The smallest absolute Gasteiger partial charge is 0.410 e. The molecule has 0 aliphatic carbocycles. The van der Waals surface area contributed by atoms with Crippen molar-refractivity contribution < 1.29 is 9.53 Å². The van der Waals surface area contributed by atoms with Gasteiger partial charge in [0.15, 0.2) is 0 Å². The third kappa shape index (κ3) is 6.57. The lowest BCUT2D eigenvalue weighted by molar-refractivity contribution is 0.0419. The van der Waals surface area contributed by atoms with Gasteiger partial charge in [-0.2, -0.15) is 0 Å². The van der Waals surface area contributed by atoms with Gasteiger partial charge in [-0.15, -0.1) is 11.8 Å². The number of benzene rings is 1. The molecule has 3 atom stereocenters. The summed E-state index contributed by atoms with van der Waals surface area (Å²) >= 11 is 18.8. The maximum atomic E-state index is 12.4. The summed E-state index contributed by atoms with van der Waals surface area (Å²) in [6, 6.07) is 10.8. The second-order valence-corrected chi connectivity index (χ2v) is 11.0. The zero-order valence-electron chi connectivity index (χ0n) is 15.6. The van der Waals surface area contributed by atoms with Crippen LogP contribution >= 0.6 is 46.6 Å². The van der Waals surface area contributed by atoms with Gasteiger partial charge >= 0.3 is 6.09 Å². The highest BCUT2D eigenvalue weighted by Gasteiger charge is 2.43. The van der Waals surface area contributed by atoms with Crippen LogP contribution in [0.1, 0.15) is 19.3 Å². The van der Waals surface area contributed by atoms with Gasteiger partial charge in [0.25, 0.3) is 0 Å². The number of halogens is 3. The minimum Gasteiger partial charge on any atom is -0.445 e. The Kier molecular flexibility index (Phi) is 8.05. The Balaban J connectivity index is 1.40. The van der Waals surface area contributed by atoms with Crippen molar-refractivity contribution in [2.24, 2.45) is 5.73 Å². The van der Waals surface area contributed by atoms with E-state index in [0.29, 0.717) is 0 Å². The first-order chi connectivity index (χ1) is 13.3. The van der Waals surface area contributed by atoms with Gasteiger partial charge in [-0.25, -0.2) is 4.79 Å². The van der Waals surface area contributed by atoms with Gasteiger partial charge < -0.3 is 10.5 Å². The summed E-state index contributed by atoms with van der Waals surface area (Å²) in [5, 5.41) is 0. The summed E-state index contributed by atoms with van der Waals surface area (Å²) in [5.41, 5.74) is 6.31. The van der Waals surface area contributed by atoms with Crippen LogP contribution in [0.2, 0.25) is 0 Å². The molecular weight excluding hydrogens is 441 g/mol. The minimum absolute atomic E-state index is 0.148. The number of nitrogens with zero attached hydrogens (tertiary/aromatic N) is 2. The number of piperazine rings is 1. The number of rotatable bonds is 7. The van der Waals surface area contributed by atoms with Crippen molar-refractivity contribution in [1.29, 1.82) is 0 Å². The number of nitrogens with two attached hydrogens (primary N) is 1. The Labute approximate surface area is 185 Å². The molecule has 2 saturated heterocycles. The number of likely N-dealkylation sites (tertiary alicyclic amines) is 1. The molecule has 2 fully saturated rings. The molecule has 0 aromatic heterocycles. The second-order valence-electron chi connectivity index (χ2n) is 7.39. The van der Waals surface area contributed by atoms with E-state index in [1.807, 2.05) is 23.1 Å². The third-order valence-electron chi connectivity index (χ3n) is 5.15. The number of fused-ring (bicyclic) bond motifs is 2. The molecule has 0 saturated carbocycles. The fraction of sp³-hybridized carbons (Fsp3) is 0.632. The average molecular weight is 467 g/mol. The Hall–Kier alpha value is -0.370. The predicted molar refractivity (Wildman–Crippen MR) is 116 cm³/mol. The summed E-state index contributed by atoms with van der Waals surface area (Å²) in [5.74, 6) is 0.903. The zero-order valence-corrected chi connectivity index (χ0v) is 18.7. The van der Waals surface area contributed by atoms with Gasteiger partial charge in [0.05, 0.1) is 0 Å². The first kappa shape index (κ1) is 22.3. The van der Waals surface area contributed by atoms with E-state index in [1.54, 1.807) is 11.8 Å². The molecule has 28 heavy (non-hydrogen) atoms. The monoisotopic (exact) mass is 465 g/mol. The number of ether oxygens (including phenoxy) is 1. The molecule has 5 nitrogen and oxygen atoms in total. The number of thioether (sulfide) groups is 1. The van der Waals surface area contributed by atoms with Crippen LogP contribution in [0.15, 0.2) is 35.2 Å². The fourth-order valence-electron chi connectivity index (χ4n) is 3.84. The quantitative estimate of drug-likeness (QED) is 0.483. The molecule has 9 heteroatoms. The normalized spacial score (nSPS) is 23.6. The lowest BCUT2D eigenvalue weighted by Crippen LogP contribution is -2.56. The van der Waals surface area contributed by atoms with E-state index in [0.717, 1.165) is 44.6 Å². The van der Waals surface area contributed by atoms with Crippen LogP contribution in [0.4, 0.5) is 4.79 Å². The van der Waals surface area contributed by atoms with Crippen LogP contribution in [-0.2, 0) is 4.74 Å². The molecule has 2 heterocycles. The van der Waals surface area contributed by atoms with Gasteiger partial charge in [-0.05, 0) is 37.9 Å². The Morgan fingerprint density at radius 2 is 1.86 bits per heavy atom. The van der Waals surface area contributed by atoms with Crippen LogP contribution in [0.5, 0.6) is 0 Å². The average Bonchev–Trinajstić information content (AvgIpc) is 2.93. The molecule has 2 aliphatic heterocycles. The van der Waals surface area contributed by atoms with Crippen LogP contribution in [-0.4, -0.2) is 69.8 Å². The van der Waals surface area contributed by atoms with Gasteiger partial charge in [-0.3, -0.25) is 9.80 Å². The van der Waals surface area contributed by atoms with Crippen LogP contribution < -0.4 is 5.73 Å². The van der Waals surface area contributed by atoms with Gasteiger partial charge in [-0.1, -0.05) is 53.0 Å². The minimum atomic E-state index is -1.58. The topological polar surface area (TPSA) is 58.8 Å². The largest absolute Gasteiger partial charge is 0.445 e. The van der Waals surface area contributed by atoms with Gasteiger partial charge in [0, 0.05) is 41.9 Å². The lowest BCUT2D eigenvalue weighted by atomic mass is 10.1. The molecule has 2 N–H and O–H groups in total. The number of hydrogen-bond donors (Lipinski definition) is 1. The first-order valence-corrected chi connectivity index (χ1v) is 11.6. The van der Waals surface area contributed by atoms with E-state index in [-0.39, 0.29) is 30.8 Å². The molecule has 2 aliphatic rings. The summed E-state index contributed by atoms with van der Waals surface area (Å²) in [7, 11) is 0. The van der Waals surface area contributed by atoms with Crippen molar-refractivity contribution in [2.75, 3.05) is 32.0 Å². The van der Waals surface area contributed by atoms with E-state index >= 15 is 0 Å². The highest BCUT2D eigenvalue weighted by Crippen LogP contribution is 2.32. The fourth-order valence-corrected chi connectivity index (χ4v) is 4.93. The number of alkyl halides is 3. The molecule has 0 spiro atoms. The first-order valence-electron chi connectivity index (χ1n) is 9.49. The standard InChI is InChI=1S/C19H26Cl3N3O2S/c20-19(21,22)13-27-18(26)25-15-6-7-16(25)11-24(10-15)9-8-14(23)12-28-17-4-2-1-3-5-17/h1-5,14-16H,6-13,23H2/t14-,15?,16?/m1/s1. The van der Waals surface area contributed by atoms with E-state index in [4.69, 9.17) is 45.3 Å². The van der Waals surface area contributed by atoms with Crippen molar-refractivity contribution in [2.45, 2.75) is 46.1 Å². The predicted octanol–water partition coefficient (Wildman–Crippen LogP) is 4.15. The summed E-state index contributed by atoms with van der Waals surface area (Å²) in [6.45, 7) is 2.40. The molecule has 1 amide bonds. The number of amides is 1. The van der Waals surface area contributed by atoms with Crippen LogP contribution in [0.25, 0.3) is 0 Å². The third-order valence-corrected chi connectivity index (χ3v) is 6.68. The molecule has 156 valence electrons. The van der Waals surface area contributed by atoms with Crippen LogP contribution in [0, 0.1) is 0 Å². The Morgan fingerprint density at radius 3 is 2.46 bits per heavy atom. The molecule has 3 rings (SSSR count). The van der Waals surface area contributed by atoms with Gasteiger partial charge in [0.2, 0.25) is 3.79 Å². The Bertz CT molecular complexity index is 633.